The zero-order valence-corrected chi connectivity index (χ0v) is 10.4. The first-order chi connectivity index (χ1) is 8.58. The van der Waals surface area contributed by atoms with Gasteiger partial charge in [-0.2, -0.15) is 0 Å². The molecule has 1 aromatic rings. The van der Waals surface area contributed by atoms with Crippen LogP contribution in [-0.4, -0.2) is 18.6 Å². The normalized spacial score (nSPS) is 10.9. The summed E-state index contributed by atoms with van der Waals surface area (Å²) in [6.07, 6.45) is 3.10. The summed E-state index contributed by atoms with van der Waals surface area (Å²) in [5, 5.41) is 10.5. The molecule has 0 bridgehead atoms. The Morgan fingerprint density at radius 2 is 2.22 bits per heavy atom. The van der Waals surface area contributed by atoms with Crippen molar-refractivity contribution in [3.63, 3.8) is 0 Å². The topological polar surface area (TPSA) is 61.6 Å². The summed E-state index contributed by atoms with van der Waals surface area (Å²) in [6.45, 7) is 5.37. The number of allylic oxidation sites excluding steroid dienone is 1. The fraction of sp³-hybridized carbons (Fsp3) is 0.231. The van der Waals surface area contributed by atoms with Crippen LogP contribution in [0.2, 0.25) is 0 Å². The highest BCUT2D eigenvalue weighted by Gasteiger charge is 2.07. The van der Waals surface area contributed by atoms with E-state index in [-0.39, 0.29) is 5.70 Å². The fourth-order valence-corrected chi connectivity index (χ4v) is 1.34. The van der Waals surface area contributed by atoms with E-state index in [1.165, 1.54) is 20.1 Å². The van der Waals surface area contributed by atoms with Gasteiger partial charge in [-0.1, -0.05) is 18.7 Å². The Labute approximate surface area is 105 Å². The van der Waals surface area contributed by atoms with E-state index in [0.717, 1.165) is 0 Å². The molecule has 0 spiro atoms. The monoisotopic (exact) mass is 249 g/mol. The first-order valence-electron chi connectivity index (χ1n) is 5.33. The van der Waals surface area contributed by atoms with Gasteiger partial charge in [0.1, 0.15) is 6.61 Å². The Bertz CT molecular complexity index is 480. The smallest absolute Gasteiger partial charge is 0.243 e. The molecule has 0 aliphatic rings. The van der Waals surface area contributed by atoms with Gasteiger partial charge in [-0.05, 0) is 17.7 Å². The second-order valence-electron chi connectivity index (χ2n) is 3.55. The fourth-order valence-electron chi connectivity index (χ4n) is 1.34. The average molecular weight is 249 g/mol. The van der Waals surface area contributed by atoms with Crippen molar-refractivity contribution in [1.82, 2.24) is 0 Å². The van der Waals surface area contributed by atoms with Crippen molar-refractivity contribution in [2.75, 3.05) is 13.7 Å². The van der Waals surface area contributed by atoms with E-state index in [4.69, 9.17) is 9.47 Å². The minimum absolute atomic E-state index is 0.0665. The van der Waals surface area contributed by atoms with Crippen LogP contribution in [0.15, 0.2) is 36.6 Å². The Morgan fingerprint density at radius 3 is 2.78 bits per heavy atom. The van der Waals surface area contributed by atoms with Crippen LogP contribution in [0.25, 0.3) is 6.08 Å². The molecular formula is C13H15NO4. The Balaban J connectivity index is 3.01. The number of nitrogens with zero attached hydrogens (tertiary/aromatic N) is 1. The van der Waals surface area contributed by atoms with Crippen molar-refractivity contribution in [1.29, 1.82) is 0 Å². The van der Waals surface area contributed by atoms with Crippen molar-refractivity contribution in [3.8, 4) is 11.5 Å². The second kappa shape index (κ2) is 6.44. The van der Waals surface area contributed by atoms with Gasteiger partial charge in [-0.3, -0.25) is 10.1 Å². The van der Waals surface area contributed by atoms with E-state index in [1.54, 1.807) is 24.3 Å². The summed E-state index contributed by atoms with van der Waals surface area (Å²) in [5.74, 6) is 1.11. The maximum Gasteiger partial charge on any atom is 0.243 e. The summed E-state index contributed by atoms with van der Waals surface area (Å²) in [4.78, 5) is 10.1. The van der Waals surface area contributed by atoms with Crippen LogP contribution in [0.5, 0.6) is 11.5 Å². The zero-order valence-electron chi connectivity index (χ0n) is 10.4. The number of hydrogen-bond acceptors (Lipinski definition) is 4. The lowest BCUT2D eigenvalue weighted by atomic mass is 10.1. The van der Waals surface area contributed by atoms with Gasteiger partial charge >= 0.3 is 0 Å². The Kier molecular flexibility index (Phi) is 4.92. The number of rotatable bonds is 6. The van der Waals surface area contributed by atoms with Crippen LogP contribution < -0.4 is 9.47 Å². The molecule has 0 fully saturated rings. The summed E-state index contributed by atoms with van der Waals surface area (Å²) >= 11 is 0. The van der Waals surface area contributed by atoms with Gasteiger partial charge in [0, 0.05) is 13.0 Å². The van der Waals surface area contributed by atoms with Crippen molar-refractivity contribution >= 4 is 6.08 Å². The van der Waals surface area contributed by atoms with Crippen LogP contribution in [-0.2, 0) is 0 Å². The molecule has 5 heteroatoms. The molecule has 1 aromatic carbocycles. The number of methoxy groups -OCH3 is 1. The zero-order chi connectivity index (χ0) is 13.5. The predicted octanol–water partition coefficient (Wildman–Crippen LogP) is 2.90. The molecule has 0 aliphatic carbocycles. The molecule has 0 heterocycles. The van der Waals surface area contributed by atoms with Crippen molar-refractivity contribution in [3.05, 3.63) is 52.2 Å². The van der Waals surface area contributed by atoms with Crippen LogP contribution in [0.3, 0.4) is 0 Å². The summed E-state index contributed by atoms with van der Waals surface area (Å²) < 4.78 is 10.6. The van der Waals surface area contributed by atoms with Crippen molar-refractivity contribution in [2.45, 2.75) is 6.92 Å². The Morgan fingerprint density at radius 1 is 1.50 bits per heavy atom. The number of ether oxygens (including phenoxy) is 2. The van der Waals surface area contributed by atoms with Gasteiger partial charge in [-0.25, -0.2) is 0 Å². The molecule has 0 amide bonds. The molecule has 0 saturated heterocycles. The molecule has 18 heavy (non-hydrogen) atoms. The van der Waals surface area contributed by atoms with Crippen molar-refractivity contribution < 1.29 is 14.4 Å². The lowest BCUT2D eigenvalue weighted by molar-refractivity contribution is -0.422. The van der Waals surface area contributed by atoms with E-state index in [2.05, 4.69) is 6.58 Å². The van der Waals surface area contributed by atoms with E-state index < -0.39 is 4.92 Å². The van der Waals surface area contributed by atoms with Crippen LogP contribution in [0.1, 0.15) is 12.5 Å². The van der Waals surface area contributed by atoms with Gasteiger partial charge in [0.15, 0.2) is 11.5 Å². The molecule has 0 radical (unpaired) electrons. The molecular weight excluding hydrogens is 234 g/mol. The molecule has 0 N–H and O–H groups in total. The molecule has 0 atom stereocenters. The number of hydrogen-bond donors (Lipinski definition) is 0. The molecule has 96 valence electrons. The minimum atomic E-state index is -0.436. The SMILES string of the molecule is C=CCOc1ccc(/C=C(/C)[N+](=O)[O-])cc1OC. The molecule has 1 rings (SSSR count). The van der Waals surface area contributed by atoms with E-state index >= 15 is 0 Å². The highest BCUT2D eigenvalue weighted by atomic mass is 16.6. The quantitative estimate of drug-likeness (QED) is 0.442. The van der Waals surface area contributed by atoms with E-state index in [9.17, 15) is 10.1 Å². The Hall–Kier alpha value is -2.30. The van der Waals surface area contributed by atoms with Crippen molar-refractivity contribution in [2.24, 2.45) is 0 Å². The van der Waals surface area contributed by atoms with Gasteiger partial charge < -0.3 is 9.47 Å². The number of benzene rings is 1. The molecule has 0 unspecified atom stereocenters. The van der Waals surface area contributed by atoms with Gasteiger partial charge in [0.25, 0.3) is 0 Å². The maximum absolute atomic E-state index is 10.5. The molecule has 0 aliphatic heterocycles. The van der Waals surface area contributed by atoms with Crippen LogP contribution in [0, 0.1) is 10.1 Å². The summed E-state index contributed by atoms with van der Waals surface area (Å²) in [6, 6.07) is 5.13. The number of nitro groups is 1. The highest BCUT2D eigenvalue weighted by molar-refractivity contribution is 5.56. The third-order valence-corrected chi connectivity index (χ3v) is 2.21. The second-order valence-corrected chi connectivity index (χ2v) is 3.55. The highest BCUT2D eigenvalue weighted by Crippen LogP contribution is 2.28. The summed E-state index contributed by atoms with van der Waals surface area (Å²) in [7, 11) is 1.52. The first kappa shape index (κ1) is 13.8. The molecule has 0 aromatic heterocycles. The lowest BCUT2D eigenvalue weighted by Gasteiger charge is -2.09. The third kappa shape index (κ3) is 3.62. The standard InChI is InChI=1S/C13H15NO4/c1-4-7-18-12-6-5-11(9-13(12)17-3)8-10(2)14(15)16/h4-6,8-9H,1,7H2,2-3H3/b10-8-. The van der Waals surface area contributed by atoms with E-state index in [0.29, 0.717) is 23.7 Å². The minimum Gasteiger partial charge on any atom is -0.493 e. The summed E-state index contributed by atoms with van der Waals surface area (Å²) in [5.41, 5.74) is 0.754. The average Bonchev–Trinajstić information content (AvgIpc) is 2.36. The molecule has 5 nitrogen and oxygen atoms in total. The largest absolute Gasteiger partial charge is 0.493 e. The van der Waals surface area contributed by atoms with E-state index in [1.807, 2.05) is 0 Å². The van der Waals surface area contributed by atoms with Gasteiger partial charge in [0.2, 0.25) is 5.70 Å². The third-order valence-electron chi connectivity index (χ3n) is 2.21. The lowest BCUT2D eigenvalue weighted by Crippen LogP contribution is -1.97. The van der Waals surface area contributed by atoms with Gasteiger partial charge in [-0.15, -0.1) is 0 Å². The van der Waals surface area contributed by atoms with Crippen LogP contribution in [0.4, 0.5) is 0 Å². The molecule has 0 saturated carbocycles. The predicted molar refractivity (Wildman–Crippen MR) is 69.3 cm³/mol. The van der Waals surface area contributed by atoms with Crippen LogP contribution >= 0.6 is 0 Å². The van der Waals surface area contributed by atoms with Gasteiger partial charge in [0.05, 0.1) is 12.0 Å². The first-order valence-corrected chi connectivity index (χ1v) is 5.33. The maximum atomic E-state index is 10.5.